The van der Waals surface area contributed by atoms with Crippen LogP contribution in [0.4, 0.5) is 0 Å². The Hall–Kier alpha value is -2.67. The summed E-state index contributed by atoms with van der Waals surface area (Å²) in [5.41, 5.74) is 6.55. The molecular weight excluding hydrogens is 292 g/mol. The van der Waals surface area contributed by atoms with Crippen molar-refractivity contribution in [3.63, 3.8) is 0 Å². The number of carbonyl (C=O) groups is 1. The minimum Gasteiger partial charge on any atom is -0.289 e. The maximum absolute atomic E-state index is 12.5. The Morgan fingerprint density at radius 2 is 1.38 bits per heavy atom. The van der Waals surface area contributed by atoms with Crippen molar-refractivity contribution >= 4 is 5.78 Å². The highest BCUT2D eigenvalue weighted by atomic mass is 16.1. The Labute approximate surface area is 144 Å². The van der Waals surface area contributed by atoms with Gasteiger partial charge in [-0.05, 0) is 35.1 Å². The first kappa shape index (κ1) is 16.2. The lowest BCUT2D eigenvalue weighted by Gasteiger charge is -2.16. The zero-order valence-electron chi connectivity index (χ0n) is 14.4. The summed E-state index contributed by atoms with van der Waals surface area (Å²) in [6.07, 6.45) is 0. The maximum atomic E-state index is 12.5. The first-order valence-electron chi connectivity index (χ1n) is 8.37. The Balaban J connectivity index is 1.97. The second-order valence-electron chi connectivity index (χ2n) is 6.46. The summed E-state index contributed by atoms with van der Waals surface area (Å²) in [5, 5.41) is 0. The van der Waals surface area contributed by atoms with Gasteiger partial charge in [-0.2, -0.15) is 0 Å². The van der Waals surface area contributed by atoms with Crippen LogP contribution in [0.15, 0.2) is 72.8 Å². The largest absolute Gasteiger partial charge is 0.289 e. The van der Waals surface area contributed by atoms with Crippen LogP contribution in [0.25, 0.3) is 11.1 Å². The SMILES string of the molecule is Cc1cccc(-c2ccc(C(=O)c3ccccc3)cc2)c1C(C)C. The van der Waals surface area contributed by atoms with Gasteiger partial charge in [0.1, 0.15) is 0 Å². The number of hydrogen-bond donors (Lipinski definition) is 0. The molecule has 1 nitrogen and oxygen atoms in total. The van der Waals surface area contributed by atoms with Crippen molar-refractivity contribution in [3.05, 3.63) is 95.1 Å². The van der Waals surface area contributed by atoms with E-state index in [0.717, 1.165) is 16.7 Å². The molecule has 3 aromatic rings. The smallest absolute Gasteiger partial charge is 0.193 e. The number of carbonyl (C=O) groups excluding carboxylic acids is 1. The second kappa shape index (κ2) is 6.84. The van der Waals surface area contributed by atoms with Crippen LogP contribution in [-0.2, 0) is 0 Å². The Kier molecular flexibility index (Phi) is 4.61. The average Bonchev–Trinajstić information content (AvgIpc) is 2.61. The van der Waals surface area contributed by atoms with Crippen LogP contribution < -0.4 is 0 Å². The molecule has 0 spiro atoms. The van der Waals surface area contributed by atoms with Crippen LogP contribution in [0, 0.1) is 6.92 Å². The molecule has 3 aromatic carbocycles. The lowest BCUT2D eigenvalue weighted by molar-refractivity contribution is 0.103. The molecule has 3 rings (SSSR count). The minimum atomic E-state index is 0.0653. The van der Waals surface area contributed by atoms with Crippen LogP contribution >= 0.6 is 0 Å². The van der Waals surface area contributed by atoms with Gasteiger partial charge in [-0.25, -0.2) is 0 Å². The van der Waals surface area contributed by atoms with E-state index in [1.807, 2.05) is 42.5 Å². The van der Waals surface area contributed by atoms with E-state index in [1.54, 1.807) is 0 Å². The van der Waals surface area contributed by atoms with E-state index in [0.29, 0.717) is 5.92 Å². The Morgan fingerprint density at radius 3 is 2.00 bits per heavy atom. The molecule has 0 saturated carbocycles. The molecule has 120 valence electrons. The predicted molar refractivity (Wildman–Crippen MR) is 101 cm³/mol. The fraction of sp³-hybridized carbons (Fsp3) is 0.174. The standard InChI is InChI=1S/C23H22O/c1-16(2)22-17(3)8-7-11-21(22)18-12-14-20(15-13-18)23(24)19-9-5-4-6-10-19/h4-16H,1-3H3. The predicted octanol–water partition coefficient (Wildman–Crippen LogP) is 6.02. The van der Waals surface area contributed by atoms with Gasteiger partial charge in [0.25, 0.3) is 0 Å². The van der Waals surface area contributed by atoms with Gasteiger partial charge in [0.15, 0.2) is 5.78 Å². The molecule has 24 heavy (non-hydrogen) atoms. The molecule has 1 heteroatoms. The molecule has 0 unspecified atom stereocenters. The zero-order valence-corrected chi connectivity index (χ0v) is 14.4. The summed E-state index contributed by atoms with van der Waals surface area (Å²) in [6, 6.07) is 23.8. The molecule has 0 amide bonds. The third-order valence-electron chi connectivity index (χ3n) is 4.40. The molecule has 0 atom stereocenters. The quantitative estimate of drug-likeness (QED) is 0.538. The fourth-order valence-corrected chi connectivity index (χ4v) is 3.26. The van der Waals surface area contributed by atoms with Crippen molar-refractivity contribution in [1.29, 1.82) is 0 Å². The van der Waals surface area contributed by atoms with Gasteiger partial charge in [-0.15, -0.1) is 0 Å². The average molecular weight is 314 g/mol. The van der Waals surface area contributed by atoms with Crippen LogP contribution in [0.3, 0.4) is 0 Å². The number of benzene rings is 3. The molecule has 0 fully saturated rings. The first-order chi connectivity index (χ1) is 11.6. The zero-order chi connectivity index (χ0) is 17.1. The van der Waals surface area contributed by atoms with Gasteiger partial charge in [0, 0.05) is 11.1 Å². The van der Waals surface area contributed by atoms with E-state index < -0.39 is 0 Å². The van der Waals surface area contributed by atoms with Crippen molar-refractivity contribution in [2.24, 2.45) is 0 Å². The molecule has 0 heterocycles. The number of rotatable bonds is 4. The highest BCUT2D eigenvalue weighted by molar-refractivity contribution is 6.09. The molecule has 0 aliphatic rings. The summed E-state index contributed by atoms with van der Waals surface area (Å²) in [6.45, 7) is 6.60. The highest BCUT2D eigenvalue weighted by Crippen LogP contribution is 2.32. The summed E-state index contributed by atoms with van der Waals surface area (Å²) in [7, 11) is 0. The lowest BCUT2D eigenvalue weighted by atomic mass is 9.88. The number of aryl methyl sites for hydroxylation is 1. The lowest BCUT2D eigenvalue weighted by Crippen LogP contribution is -2.01. The molecule has 0 bridgehead atoms. The molecule has 0 saturated heterocycles. The summed E-state index contributed by atoms with van der Waals surface area (Å²) >= 11 is 0. The third-order valence-corrected chi connectivity index (χ3v) is 4.40. The van der Waals surface area contributed by atoms with Gasteiger partial charge >= 0.3 is 0 Å². The summed E-state index contributed by atoms with van der Waals surface area (Å²) in [5.74, 6) is 0.530. The van der Waals surface area contributed by atoms with Crippen molar-refractivity contribution in [2.45, 2.75) is 26.7 Å². The maximum Gasteiger partial charge on any atom is 0.193 e. The van der Waals surface area contributed by atoms with Crippen molar-refractivity contribution in [1.82, 2.24) is 0 Å². The van der Waals surface area contributed by atoms with Crippen molar-refractivity contribution in [3.8, 4) is 11.1 Å². The van der Waals surface area contributed by atoms with Crippen molar-refractivity contribution in [2.75, 3.05) is 0 Å². The molecular formula is C23H22O. The van der Waals surface area contributed by atoms with Crippen molar-refractivity contribution < 1.29 is 4.79 Å². The normalized spacial score (nSPS) is 10.8. The van der Waals surface area contributed by atoms with Gasteiger partial charge in [-0.1, -0.05) is 86.6 Å². The monoisotopic (exact) mass is 314 g/mol. The fourth-order valence-electron chi connectivity index (χ4n) is 3.26. The molecule has 0 aliphatic carbocycles. The molecule has 0 aromatic heterocycles. The van der Waals surface area contributed by atoms with E-state index in [-0.39, 0.29) is 5.78 Å². The van der Waals surface area contributed by atoms with E-state index in [4.69, 9.17) is 0 Å². The van der Waals surface area contributed by atoms with E-state index in [2.05, 4.69) is 51.1 Å². The van der Waals surface area contributed by atoms with Gasteiger partial charge in [-0.3, -0.25) is 4.79 Å². The second-order valence-corrected chi connectivity index (χ2v) is 6.46. The van der Waals surface area contributed by atoms with E-state index in [9.17, 15) is 4.79 Å². The third kappa shape index (κ3) is 3.16. The number of hydrogen-bond acceptors (Lipinski definition) is 1. The first-order valence-corrected chi connectivity index (χ1v) is 8.37. The van der Waals surface area contributed by atoms with Gasteiger partial charge in [0.2, 0.25) is 0 Å². The molecule has 0 N–H and O–H groups in total. The Morgan fingerprint density at radius 1 is 0.750 bits per heavy atom. The summed E-state index contributed by atoms with van der Waals surface area (Å²) < 4.78 is 0. The minimum absolute atomic E-state index is 0.0653. The van der Waals surface area contributed by atoms with Crippen LogP contribution in [0.5, 0.6) is 0 Å². The molecule has 0 aliphatic heterocycles. The Bertz CT molecular complexity index is 843. The van der Waals surface area contributed by atoms with E-state index in [1.165, 1.54) is 16.7 Å². The van der Waals surface area contributed by atoms with E-state index >= 15 is 0 Å². The number of ketones is 1. The highest BCUT2D eigenvalue weighted by Gasteiger charge is 2.12. The summed E-state index contributed by atoms with van der Waals surface area (Å²) in [4.78, 5) is 12.5. The topological polar surface area (TPSA) is 17.1 Å². The van der Waals surface area contributed by atoms with Gasteiger partial charge in [0.05, 0.1) is 0 Å². The van der Waals surface area contributed by atoms with Gasteiger partial charge < -0.3 is 0 Å². The van der Waals surface area contributed by atoms with Crippen LogP contribution in [0.1, 0.15) is 46.8 Å². The molecule has 0 radical (unpaired) electrons. The van der Waals surface area contributed by atoms with Crippen LogP contribution in [-0.4, -0.2) is 5.78 Å². The van der Waals surface area contributed by atoms with Crippen LogP contribution in [0.2, 0.25) is 0 Å².